The van der Waals surface area contributed by atoms with Crippen LogP contribution >= 0.6 is 0 Å². The van der Waals surface area contributed by atoms with Crippen LogP contribution in [0, 0.1) is 5.82 Å². The topological polar surface area (TPSA) is 3.24 Å². The zero-order valence-corrected chi connectivity index (χ0v) is 12.2. The van der Waals surface area contributed by atoms with Crippen molar-refractivity contribution < 1.29 is 4.39 Å². The van der Waals surface area contributed by atoms with E-state index in [-0.39, 0.29) is 11.4 Å². The molecule has 2 heteroatoms. The van der Waals surface area contributed by atoms with Crippen molar-refractivity contribution in [3.8, 4) is 0 Å². The van der Waals surface area contributed by atoms with E-state index in [1.807, 2.05) is 6.07 Å². The predicted octanol–water partition coefficient (Wildman–Crippen LogP) is 4.64. The van der Waals surface area contributed by atoms with Gasteiger partial charge in [-0.1, -0.05) is 6.07 Å². The molecule has 1 unspecified atom stereocenters. The first-order valence-corrected chi connectivity index (χ1v) is 7.53. The van der Waals surface area contributed by atoms with Crippen molar-refractivity contribution in [2.75, 3.05) is 6.54 Å². The molecular formula is C17H24FN. The SMILES string of the molecule is CC(C)(C)N1CCCC1c1ccc(F)cc1C1CC1. The van der Waals surface area contributed by atoms with Crippen molar-refractivity contribution in [3.05, 3.63) is 35.1 Å². The fourth-order valence-electron chi connectivity index (χ4n) is 3.49. The van der Waals surface area contributed by atoms with Gasteiger partial charge < -0.3 is 0 Å². The summed E-state index contributed by atoms with van der Waals surface area (Å²) in [6, 6.07) is 5.95. The summed E-state index contributed by atoms with van der Waals surface area (Å²) in [5, 5.41) is 0. The summed E-state index contributed by atoms with van der Waals surface area (Å²) in [4.78, 5) is 2.59. The Balaban J connectivity index is 1.97. The predicted molar refractivity (Wildman–Crippen MR) is 76.8 cm³/mol. The molecule has 1 aromatic carbocycles. The van der Waals surface area contributed by atoms with Crippen LogP contribution in [0.25, 0.3) is 0 Å². The Morgan fingerprint density at radius 3 is 2.47 bits per heavy atom. The van der Waals surface area contributed by atoms with Crippen molar-refractivity contribution >= 4 is 0 Å². The molecule has 1 aliphatic heterocycles. The Morgan fingerprint density at radius 1 is 1.11 bits per heavy atom. The van der Waals surface area contributed by atoms with Crippen LogP contribution in [0.15, 0.2) is 18.2 Å². The van der Waals surface area contributed by atoms with Gasteiger partial charge in [-0.15, -0.1) is 0 Å². The third-order valence-electron chi connectivity index (χ3n) is 4.54. The second kappa shape index (κ2) is 4.59. The van der Waals surface area contributed by atoms with Gasteiger partial charge in [0.15, 0.2) is 0 Å². The first kappa shape index (κ1) is 13.1. The molecule has 1 nitrogen and oxygen atoms in total. The highest BCUT2D eigenvalue weighted by atomic mass is 19.1. The molecule has 1 heterocycles. The molecule has 0 radical (unpaired) electrons. The van der Waals surface area contributed by atoms with E-state index < -0.39 is 0 Å². The lowest BCUT2D eigenvalue weighted by atomic mass is 9.93. The van der Waals surface area contributed by atoms with Crippen LogP contribution in [0.3, 0.4) is 0 Å². The number of halogens is 1. The zero-order chi connectivity index (χ0) is 13.6. The molecule has 1 aromatic rings. The van der Waals surface area contributed by atoms with E-state index in [0.717, 1.165) is 6.54 Å². The van der Waals surface area contributed by atoms with Crippen molar-refractivity contribution in [1.29, 1.82) is 0 Å². The van der Waals surface area contributed by atoms with Crippen LogP contribution in [-0.4, -0.2) is 17.0 Å². The van der Waals surface area contributed by atoms with E-state index in [1.165, 1.54) is 36.8 Å². The molecule has 1 atom stereocenters. The van der Waals surface area contributed by atoms with E-state index in [4.69, 9.17) is 0 Å². The Bertz CT molecular complexity index is 471. The Hall–Kier alpha value is -0.890. The lowest BCUT2D eigenvalue weighted by Gasteiger charge is -2.38. The highest BCUT2D eigenvalue weighted by molar-refractivity contribution is 5.37. The quantitative estimate of drug-likeness (QED) is 0.749. The van der Waals surface area contributed by atoms with Gasteiger partial charge in [-0.3, -0.25) is 4.90 Å². The summed E-state index contributed by atoms with van der Waals surface area (Å²) in [6.07, 6.45) is 4.93. The van der Waals surface area contributed by atoms with Crippen LogP contribution in [0.4, 0.5) is 4.39 Å². The second-order valence-electron chi connectivity index (χ2n) is 7.07. The standard InChI is InChI=1S/C17H24FN/c1-17(2,3)19-10-4-5-16(19)14-9-8-13(18)11-15(14)12-6-7-12/h8-9,11-12,16H,4-7,10H2,1-3H3. The molecule has 1 saturated carbocycles. The van der Waals surface area contributed by atoms with E-state index in [2.05, 4.69) is 25.7 Å². The summed E-state index contributed by atoms with van der Waals surface area (Å²) in [6.45, 7) is 8.01. The number of likely N-dealkylation sites (tertiary alicyclic amines) is 1. The molecule has 0 N–H and O–H groups in total. The molecule has 2 aliphatic rings. The van der Waals surface area contributed by atoms with Crippen molar-refractivity contribution in [3.63, 3.8) is 0 Å². The molecule has 104 valence electrons. The summed E-state index contributed by atoms with van der Waals surface area (Å²) in [7, 11) is 0. The van der Waals surface area contributed by atoms with Gasteiger partial charge in [0.05, 0.1) is 0 Å². The minimum atomic E-state index is -0.0778. The number of rotatable bonds is 2. The highest BCUT2D eigenvalue weighted by Crippen LogP contribution is 2.47. The third kappa shape index (κ3) is 2.55. The van der Waals surface area contributed by atoms with Gasteiger partial charge in [0, 0.05) is 11.6 Å². The summed E-state index contributed by atoms with van der Waals surface area (Å²) >= 11 is 0. The average Bonchev–Trinajstić information content (AvgIpc) is 3.05. The monoisotopic (exact) mass is 261 g/mol. The maximum atomic E-state index is 13.5. The number of nitrogens with zero attached hydrogens (tertiary/aromatic N) is 1. The van der Waals surface area contributed by atoms with Gasteiger partial charge in [-0.05, 0) is 82.2 Å². The van der Waals surface area contributed by atoms with Gasteiger partial charge in [-0.25, -0.2) is 4.39 Å². The molecule has 2 fully saturated rings. The molecule has 1 saturated heterocycles. The summed E-state index contributed by atoms with van der Waals surface area (Å²) < 4.78 is 13.5. The molecule has 0 amide bonds. The second-order valence-corrected chi connectivity index (χ2v) is 7.07. The smallest absolute Gasteiger partial charge is 0.123 e. The zero-order valence-electron chi connectivity index (χ0n) is 12.2. The number of hydrogen-bond acceptors (Lipinski definition) is 1. The molecule has 1 aliphatic carbocycles. The van der Waals surface area contributed by atoms with E-state index in [1.54, 1.807) is 12.1 Å². The van der Waals surface area contributed by atoms with Crippen LogP contribution in [0.5, 0.6) is 0 Å². The van der Waals surface area contributed by atoms with Gasteiger partial charge >= 0.3 is 0 Å². The van der Waals surface area contributed by atoms with E-state index in [0.29, 0.717) is 12.0 Å². The minimum Gasteiger partial charge on any atom is -0.291 e. The first-order chi connectivity index (χ1) is 8.97. The molecule has 0 aromatic heterocycles. The van der Waals surface area contributed by atoms with Crippen LogP contribution < -0.4 is 0 Å². The van der Waals surface area contributed by atoms with E-state index >= 15 is 0 Å². The van der Waals surface area contributed by atoms with Crippen LogP contribution in [0.1, 0.15) is 69.5 Å². The molecular weight excluding hydrogens is 237 g/mol. The maximum absolute atomic E-state index is 13.5. The number of hydrogen-bond donors (Lipinski definition) is 0. The Kier molecular flexibility index (Phi) is 3.17. The van der Waals surface area contributed by atoms with Gasteiger partial charge in [0.1, 0.15) is 5.82 Å². The highest BCUT2D eigenvalue weighted by Gasteiger charge is 2.37. The van der Waals surface area contributed by atoms with Crippen LogP contribution in [-0.2, 0) is 0 Å². The Morgan fingerprint density at radius 2 is 1.84 bits per heavy atom. The summed E-state index contributed by atoms with van der Waals surface area (Å²) in [5.41, 5.74) is 2.86. The normalized spacial score (nSPS) is 24.9. The third-order valence-corrected chi connectivity index (χ3v) is 4.54. The molecule has 0 bridgehead atoms. The molecule has 3 rings (SSSR count). The van der Waals surface area contributed by atoms with Crippen molar-refractivity contribution in [1.82, 2.24) is 4.90 Å². The van der Waals surface area contributed by atoms with E-state index in [9.17, 15) is 4.39 Å². The average molecular weight is 261 g/mol. The molecule has 19 heavy (non-hydrogen) atoms. The Labute approximate surface area is 115 Å². The largest absolute Gasteiger partial charge is 0.291 e. The number of benzene rings is 1. The minimum absolute atomic E-state index is 0.0778. The lowest BCUT2D eigenvalue weighted by Crippen LogP contribution is -2.40. The first-order valence-electron chi connectivity index (χ1n) is 7.53. The lowest BCUT2D eigenvalue weighted by molar-refractivity contribution is 0.121. The molecule has 0 spiro atoms. The van der Waals surface area contributed by atoms with Gasteiger partial charge in [-0.2, -0.15) is 0 Å². The maximum Gasteiger partial charge on any atom is 0.123 e. The van der Waals surface area contributed by atoms with Crippen molar-refractivity contribution in [2.24, 2.45) is 0 Å². The van der Waals surface area contributed by atoms with Crippen molar-refractivity contribution in [2.45, 2.75) is 64.0 Å². The summed E-state index contributed by atoms with van der Waals surface area (Å²) in [5.74, 6) is 0.541. The fourth-order valence-corrected chi connectivity index (χ4v) is 3.49. The van der Waals surface area contributed by atoms with Gasteiger partial charge in [0.2, 0.25) is 0 Å². The van der Waals surface area contributed by atoms with Crippen LogP contribution in [0.2, 0.25) is 0 Å². The van der Waals surface area contributed by atoms with Gasteiger partial charge in [0.25, 0.3) is 0 Å². The fraction of sp³-hybridized carbons (Fsp3) is 0.647.